The maximum absolute atomic E-state index is 13.0. The molecular weight excluding hydrogens is 357 g/mol. The Hall–Kier alpha value is -1.43. The molecule has 2 aromatic rings. The third kappa shape index (κ3) is 4.10. The molecule has 3 nitrogen and oxygen atoms in total. The predicted molar refractivity (Wildman–Crippen MR) is 95.9 cm³/mol. The van der Waals surface area contributed by atoms with Crippen LogP contribution in [0.1, 0.15) is 11.1 Å². The van der Waals surface area contributed by atoms with Crippen LogP contribution in [-0.2, 0) is 13.1 Å². The van der Waals surface area contributed by atoms with Crippen molar-refractivity contribution in [2.75, 3.05) is 31.1 Å². The minimum Gasteiger partial charge on any atom is -0.369 e. The summed E-state index contributed by atoms with van der Waals surface area (Å²) in [5.74, 6) is -0.182. The van der Waals surface area contributed by atoms with Crippen LogP contribution in [0.15, 0.2) is 46.9 Å². The smallest absolute Gasteiger partial charge is 0.123 e. The van der Waals surface area contributed by atoms with E-state index in [1.807, 2.05) is 12.1 Å². The molecule has 1 aliphatic heterocycles. The molecule has 2 N–H and O–H groups in total. The van der Waals surface area contributed by atoms with Crippen molar-refractivity contribution < 1.29 is 4.39 Å². The van der Waals surface area contributed by atoms with E-state index < -0.39 is 0 Å². The van der Waals surface area contributed by atoms with E-state index in [1.54, 1.807) is 0 Å². The second-order valence-corrected chi connectivity index (χ2v) is 6.72. The van der Waals surface area contributed by atoms with Gasteiger partial charge in [0.1, 0.15) is 5.82 Å². The zero-order valence-corrected chi connectivity index (χ0v) is 14.6. The summed E-state index contributed by atoms with van der Waals surface area (Å²) >= 11 is 3.58. The number of nitrogens with zero attached hydrogens (tertiary/aromatic N) is 2. The molecule has 0 atom stereocenters. The number of rotatable bonds is 4. The highest BCUT2D eigenvalue weighted by atomic mass is 79.9. The second kappa shape index (κ2) is 7.43. The van der Waals surface area contributed by atoms with Gasteiger partial charge in [0.25, 0.3) is 0 Å². The summed E-state index contributed by atoms with van der Waals surface area (Å²) < 4.78 is 14.1. The first-order valence-electron chi connectivity index (χ1n) is 7.86. The van der Waals surface area contributed by atoms with E-state index in [0.717, 1.165) is 48.4 Å². The Balaban J connectivity index is 1.56. The minimum absolute atomic E-state index is 0.182. The van der Waals surface area contributed by atoms with Gasteiger partial charge in [-0.3, -0.25) is 4.90 Å². The molecule has 0 amide bonds. The second-order valence-electron chi connectivity index (χ2n) is 5.87. The fourth-order valence-corrected chi connectivity index (χ4v) is 3.52. The van der Waals surface area contributed by atoms with Gasteiger partial charge in [0.15, 0.2) is 0 Å². The number of anilines is 1. The Morgan fingerprint density at radius 1 is 1.00 bits per heavy atom. The first-order valence-corrected chi connectivity index (χ1v) is 8.65. The van der Waals surface area contributed by atoms with Gasteiger partial charge in [-0.1, -0.05) is 28.1 Å². The average Bonchev–Trinajstić information content (AvgIpc) is 2.57. The van der Waals surface area contributed by atoms with Gasteiger partial charge < -0.3 is 10.6 Å². The summed E-state index contributed by atoms with van der Waals surface area (Å²) in [7, 11) is 0. The lowest BCUT2D eigenvalue weighted by Gasteiger charge is -2.36. The van der Waals surface area contributed by atoms with Crippen molar-refractivity contribution in [3.8, 4) is 0 Å². The van der Waals surface area contributed by atoms with Gasteiger partial charge in [0.2, 0.25) is 0 Å². The normalized spacial score (nSPS) is 15.9. The quantitative estimate of drug-likeness (QED) is 0.886. The average molecular weight is 378 g/mol. The van der Waals surface area contributed by atoms with Crippen LogP contribution in [0.3, 0.4) is 0 Å². The van der Waals surface area contributed by atoms with Crippen molar-refractivity contribution in [1.82, 2.24) is 4.90 Å². The highest BCUT2D eigenvalue weighted by molar-refractivity contribution is 9.10. The Kier molecular flexibility index (Phi) is 5.30. The molecule has 2 aromatic carbocycles. The van der Waals surface area contributed by atoms with E-state index in [1.165, 1.54) is 17.7 Å². The summed E-state index contributed by atoms with van der Waals surface area (Å²) in [6, 6.07) is 13.2. The molecule has 1 heterocycles. The summed E-state index contributed by atoms with van der Waals surface area (Å²) in [5.41, 5.74) is 9.22. The highest BCUT2D eigenvalue weighted by Gasteiger charge is 2.17. The van der Waals surface area contributed by atoms with Gasteiger partial charge >= 0.3 is 0 Å². The van der Waals surface area contributed by atoms with E-state index in [-0.39, 0.29) is 5.82 Å². The largest absolute Gasteiger partial charge is 0.369 e. The van der Waals surface area contributed by atoms with Crippen molar-refractivity contribution in [2.24, 2.45) is 5.73 Å². The maximum atomic E-state index is 13.0. The first-order chi connectivity index (χ1) is 11.2. The van der Waals surface area contributed by atoms with Crippen LogP contribution in [0.4, 0.5) is 10.1 Å². The Morgan fingerprint density at radius 3 is 2.30 bits per heavy atom. The van der Waals surface area contributed by atoms with E-state index in [0.29, 0.717) is 6.54 Å². The van der Waals surface area contributed by atoms with Gasteiger partial charge in [-0.15, -0.1) is 0 Å². The monoisotopic (exact) mass is 377 g/mol. The third-order valence-electron chi connectivity index (χ3n) is 4.31. The van der Waals surface area contributed by atoms with E-state index in [4.69, 9.17) is 5.73 Å². The molecule has 1 fully saturated rings. The number of hydrogen-bond acceptors (Lipinski definition) is 3. The number of piperazine rings is 1. The molecule has 3 rings (SSSR count). The van der Waals surface area contributed by atoms with E-state index in [2.05, 4.69) is 43.9 Å². The van der Waals surface area contributed by atoms with Crippen molar-refractivity contribution in [3.05, 3.63) is 63.9 Å². The van der Waals surface area contributed by atoms with Crippen LogP contribution in [0.5, 0.6) is 0 Å². The SMILES string of the molecule is NCc1ccc(CN2CCN(c3ccc(F)cc3)CC2)cc1Br. The van der Waals surface area contributed by atoms with E-state index in [9.17, 15) is 4.39 Å². The molecule has 0 aliphatic carbocycles. The van der Waals surface area contributed by atoms with Gasteiger partial charge in [0, 0.05) is 49.4 Å². The van der Waals surface area contributed by atoms with E-state index >= 15 is 0 Å². The molecule has 122 valence electrons. The van der Waals surface area contributed by atoms with Gasteiger partial charge in [0.05, 0.1) is 0 Å². The van der Waals surface area contributed by atoms with Crippen LogP contribution < -0.4 is 10.6 Å². The molecule has 5 heteroatoms. The molecule has 1 saturated heterocycles. The molecule has 0 spiro atoms. The standard InChI is InChI=1S/C18H21BrFN3/c19-18-11-14(1-2-15(18)12-21)13-22-7-9-23(10-8-22)17-5-3-16(20)4-6-17/h1-6,11H,7-10,12-13,21H2. The van der Waals surface area contributed by atoms with Gasteiger partial charge in [-0.2, -0.15) is 0 Å². The lowest BCUT2D eigenvalue weighted by Crippen LogP contribution is -2.45. The van der Waals surface area contributed by atoms with Gasteiger partial charge in [-0.05, 0) is 41.5 Å². The van der Waals surface area contributed by atoms with Crippen molar-refractivity contribution in [1.29, 1.82) is 0 Å². The summed E-state index contributed by atoms with van der Waals surface area (Å²) in [6.45, 7) is 5.44. The number of benzene rings is 2. The zero-order chi connectivity index (χ0) is 16.2. The van der Waals surface area contributed by atoms with Crippen LogP contribution in [0, 0.1) is 5.82 Å². The first kappa shape index (κ1) is 16.4. The molecule has 0 aromatic heterocycles. The zero-order valence-electron chi connectivity index (χ0n) is 13.0. The number of hydrogen-bond donors (Lipinski definition) is 1. The lowest BCUT2D eigenvalue weighted by atomic mass is 10.1. The predicted octanol–water partition coefficient (Wildman–Crippen LogP) is 3.37. The fourth-order valence-electron chi connectivity index (χ4n) is 2.93. The third-order valence-corrected chi connectivity index (χ3v) is 5.05. The van der Waals surface area contributed by atoms with Crippen LogP contribution in [-0.4, -0.2) is 31.1 Å². The Labute approximate surface area is 145 Å². The van der Waals surface area contributed by atoms with Crippen LogP contribution >= 0.6 is 15.9 Å². The van der Waals surface area contributed by atoms with Crippen molar-refractivity contribution in [3.63, 3.8) is 0 Å². The molecule has 0 radical (unpaired) electrons. The lowest BCUT2D eigenvalue weighted by molar-refractivity contribution is 0.250. The number of nitrogens with two attached hydrogens (primary N) is 1. The summed E-state index contributed by atoms with van der Waals surface area (Å²) in [5, 5.41) is 0. The van der Waals surface area contributed by atoms with Crippen LogP contribution in [0.25, 0.3) is 0 Å². The molecule has 0 bridgehead atoms. The molecule has 23 heavy (non-hydrogen) atoms. The van der Waals surface area contributed by atoms with Gasteiger partial charge in [-0.25, -0.2) is 4.39 Å². The van der Waals surface area contributed by atoms with Crippen LogP contribution in [0.2, 0.25) is 0 Å². The topological polar surface area (TPSA) is 32.5 Å². The summed E-state index contributed by atoms with van der Waals surface area (Å²) in [6.07, 6.45) is 0. The highest BCUT2D eigenvalue weighted by Crippen LogP contribution is 2.21. The molecule has 1 aliphatic rings. The molecule has 0 saturated carbocycles. The van der Waals surface area contributed by atoms with Crippen molar-refractivity contribution in [2.45, 2.75) is 13.1 Å². The minimum atomic E-state index is -0.182. The molecular formula is C18H21BrFN3. The van der Waals surface area contributed by atoms with Crippen molar-refractivity contribution >= 4 is 21.6 Å². The Bertz CT molecular complexity index is 652. The molecule has 0 unspecified atom stereocenters. The summed E-state index contributed by atoms with van der Waals surface area (Å²) in [4.78, 5) is 4.76. The number of halogens is 2. The Morgan fingerprint density at radius 2 is 1.70 bits per heavy atom. The maximum Gasteiger partial charge on any atom is 0.123 e. The fraction of sp³-hybridized carbons (Fsp3) is 0.333.